The van der Waals surface area contributed by atoms with Gasteiger partial charge < -0.3 is 10.4 Å². The van der Waals surface area contributed by atoms with Crippen LogP contribution in [0, 0.1) is 0 Å². The highest BCUT2D eigenvalue weighted by atomic mass is 19.4. The molecule has 0 radical (unpaired) electrons. The van der Waals surface area contributed by atoms with Crippen molar-refractivity contribution < 1.29 is 23.1 Å². The molecule has 188 valence electrons. The van der Waals surface area contributed by atoms with E-state index in [0.29, 0.717) is 22.6 Å². The molecule has 5 aromatic rings. The summed E-state index contributed by atoms with van der Waals surface area (Å²) in [6.45, 7) is 1.61. The molecule has 0 saturated heterocycles. The minimum absolute atomic E-state index is 0.0250. The van der Waals surface area contributed by atoms with E-state index in [-0.39, 0.29) is 16.8 Å². The lowest BCUT2D eigenvalue weighted by Gasteiger charge is -2.16. The summed E-state index contributed by atoms with van der Waals surface area (Å²) >= 11 is 0. The van der Waals surface area contributed by atoms with Gasteiger partial charge in [0.25, 0.3) is 5.91 Å². The molecule has 0 aliphatic rings. The fourth-order valence-corrected chi connectivity index (χ4v) is 4.25. The number of nitrogens with one attached hydrogen (secondary N) is 1. The van der Waals surface area contributed by atoms with Gasteiger partial charge in [-0.25, -0.2) is 4.98 Å². The van der Waals surface area contributed by atoms with Crippen molar-refractivity contribution in [3.8, 4) is 22.4 Å². The first-order valence-electron chi connectivity index (χ1n) is 11.4. The minimum Gasteiger partial charge on any atom is -0.387 e. The number of anilines is 1. The first kappa shape index (κ1) is 24.3. The maximum atomic E-state index is 13.7. The van der Waals surface area contributed by atoms with Gasteiger partial charge in [-0.05, 0) is 42.8 Å². The van der Waals surface area contributed by atoms with Crippen LogP contribution in [0.2, 0.25) is 0 Å². The van der Waals surface area contributed by atoms with Gasteiger partial charge in [-0.2, -0.15) is 18.3 Å². The molecular formula is C27H22F3N5O2. The molecular weight excluding hydrogens is 483 g/mol. The van der Waals surface area contributed by atoms with E-state index in [0.717, 1.165) is 17.7 Å². The minimum atomic E-state index is -4.62. The third-order valence-electron chi connectivity index (χ3n) is 6.04. The summed E-state index contributed by atoms with van der Waals surface area (Å²) in [5, 5.41) is 17.1. The number of benzene rings is 2. The average Bonchev–Trinajstić information content (AvgIpc) is 3.50. The first-order valence-corrected chi connectivity index (χ1v) is 11.4. The smallest absolute Gasteiger partial charge is 0.387 e. The molecule has 7 nitrogen and oxygen atoms in total. The van der Waals surface area contributed by atoms with E-state index in [1.165, 1.54) is 29.2 Å². The van der Waals surface area contributed by atoms with Crippen LogP contribution in [0.3, 0.4) is 0 Å². The summed E-state index contributed by atoms with van der Waals surface area (Å²) in [6, 6.07) is 15.8. The number of alkyl halides is 3. The number of nitrogens with zero attached hydrogens (tertiary/aromatic N) is 4. The van der Waals surface area contributed by atoms with Crippen molar-refractivity contribution in [3.05, 3.63) is 96.1 Å². The van der Waals surface area contributed by atoms with Gasteiger partial charge in [0, 0.05) is 36.1 Å². The van der Waals surface area contributed by atoms with Crippen LogP contribution in [0.4, 0.5) is 18.9 Å². The molecule has 0 fully saturated rings. The molecule has 2 N–H and O–H groups in total. The van der Waals surface area contributed by atoms with Crippen molar-refractivity contribution in [3.63, 3.8) is 0 Å². The summed E-state index contributed by atoms with van der Waals surface area (Å²) in [6.07, 6.45) is -0.632. The number of aliphatic hydroxyl groups excluding tert-OH is 1. The third-order valence-corrected chi connectivity index (χ3v) is 6.04. The molecule has 0 saturated carbocycles. The Labute approximate surface area is 209 Å². The molecule has 1 unspecified atom stereocenters. The van der Waals surface area contributed by atoms with E-state index in [2.05, 4.69) is 15.4 Å². The van der Waals surface area contributed by atoms with Crippen LogP contribution in [0.15, 0.2) is 79.3 Å². The summed E-state index contributed by atoms with van der Waals surface area (Å²) < 4.78 is 44.3. The van der Waals surface area contributed by atoms with Gasteiger partial charge in [0.1, 0.15) is 0 Å². The second-order valence-electron chi connectivity index (χ2n) is 8.61. The number of aliphatic hydroxyl groups is 1. The summed E-state index contributed by atoms with van der Waals surface area (Å²) in [7, 11) is 1.60. The number of imidazole rings is 1. The largest absolute Gasteiger partial charge is 0.417 e. The zero-order valence-electron chi connectivity index (χ0n) is 19.9. The predicted molar refractivity (Wildman–Crippen MR) is 133 cm³/mol. The standard InChI is InChI=1S/C27H22F3N5O2/c1-16(36)23-15-31-25-24(19(10-13-35(23)25)17-6-4-3-5-7-17)32-26(37)18-8-9-21(27(28,29)30)20(14-18)22-11-12-34(2)33-22/h3-16,36H,1-2H3,(H,32,37). The van der Waals surface area contributed by atoms with Gasteiger partial charge in [0.05, 0.1) is 34.9 Å². The third kappa shape index (κ3) is 4.58. The molecule has 0 aliphatic heterocycles. The van der Waals surface area contributed by atoms with Crippen LogP contribution in [0.25, 0.3) is 28.0 Å². The second kappa shape index (κ2) is 9.21. The van der Waals surface area contributed by atoms with Gasteiger partial charge in [0.15, 0.2) is 5.65 Å². The molecule has 5 rings (SSSR count). The lowest BCUT2D eigenvalue weighted by Crippen LogP contribution is -2.15. The highest BCUT2D eigenvalue weighted by molar-refractivity contribution is 6.09. The van der Waals surface area contributed by atoms with Crippen LogP contribution >= 0.6 is 0 Å². The van der Waals surface area contributed by atoms with Crippen molar-refractivity contribution in [1.29, 1.82) is 0 Å². The van der Waals surface area contributed by atoms with E-state index in [4.69, 9.17) is 0 Å². The topological polar surface area (TPSA) is 84.5 Å². The predicted octanol–water partition coefficient (Wildman–Crippen LogP) is 5.73. The molecule has 3 heterocycles. The first-order chi connectivity index (χ1) is 17.6. The van der Waals surface area contributed by atoms with Crippen molar-refractivity contribution in [2.75, 3.05) is 5.32 Å². The maximum absolute atomic E-state index is 13.7. The van der Waals surface area contributed by atoms with E-state index in [1.807, 2.05) is 30.3 Å². The molecule has 0 bridgehead atoms. The van der Waals surface area contributed by atoms with E-state index < -0.39 is 23.8 Å². The van der Waals surface area contributed by atoms with Gasteiger partial charge >= 0.3 is 6.18 Å². The fourth-order valence-electron chi connectivity index (χ4n) is 4.25. The number of aryl methyl sites for hydroxylation is 1. The molecule has 2 aromatic carbocycles. The number of rotatable bonds is 5. The van der Waals surface area contributed by atoms with Gasteiger partial charge in [-0.15, -0.1) is 0 Å². The van der Waals surface area contributed by atoms with Gasteiger partial charge in [-0.3, -0.25) is 13.9 Å². The Hall–Kier alpha value is -4.44. The zero-order chi connectivity index (χ0) is 26.3. The van der Waals surface area contributed by atoms with Crippen molar-refractivity contribution in [2.24, 2.45) is 7.05 Å². The molecule has 1 amide bonds. The van der Waals surface area contributed by atoms with Crippen LogP contribution in [0.1, 0.15) is 34.6 Å². The SMILES string of the molecule is CC(O)c1cnc2c(NC(=O)c3ccc(C(F)(F)F)c(-c4ccn(C)n4)c3)c(-c3ccccc3)ccn12. The molecule has 1 atom stereocenters. The summed E-state index contributed by atoms with van der Waals surface area (Å²) in [4.78, 5) is 17.8. The Balaban J connectivity index is 1.62. The van der Waals surface area contributed by atoms with Crippen LogP contribution < -0.4 is 5.32 Å². The van der Waals surface area contributed by atoms with E-state index in [9.17, 15) is 23.1 Å². The number of hydrogen-bond donors (Lipinski definition) is 2. The Morgan fingerprint density at radius 2 is 1.78 bits per heavy atom. The molecule has 3 aromatic heterocycles. The number of amides is 1. The Bertz CT molecular complexity index is 1600. The lowest BCUT2D eigenvalue weighted by molar-refractivity contribution is -0.137. The number of hydrogen-bond acceptors (Lipinski definition) is 4. The maximum Gasteiger partial charge on any atom is 0.417 e. The fraction of sp³-hybridized carbons (Fsp3) is 0.148. The summed E-state index contributed by atoms with van der Waals surface area (Å²) in [5.41, 5.74) is 1.81. The molecule has 0 aliphatic carbocycles. The Morgan fingerprint density at radius 1 is 1.03 bits per heavy atom. The van der Waals surface area contributed by atoms with Crippen LogP contribution in [-0.2, 0) is 13.2 Å². The van der Waals surface area contributed by atoms with E-state index >= 15 is 0 Å². The van der Waals surface area contributed by atoms with Crippen LogP contribution in [-0.4, -0.2) is 30.2 Å². The lowest BCUT2D eigenvalue weighted by atomic mass is 10.00. The quantitative estimate of drug-likeness (QED) is 0.320. The van der Waals surface area contributed by atoms with Crippen molar-refractivity contribution in [2.45, 2.75) is 19.2 Å². The van der Waals surface area contributed by atoms with Gasteiger partial charge in [-0.1, -0.05) is 30.3 Å². The normalized spacial score (nSPS) is 12.6. The number of aromatic nitrogens is 4. The van der Waals surface area contributed by atoms with Crippen LogP contribution in [0.5, 0.6) is 0 Å². The second-order valence-corrected chi connectivity index (χ2v) is 8.61. The summed E-state index contributed by atoms with van der Waals surface area (Å²) in [5.74, 6) is -0.613. The highest BCUT2D eigenvalue weighted by Crippen LogP contribution is 2.38. The number of halogens is 3. The van der Waals surface area contributed by atoms with Crippen molar-refractivity contribution >= 4 is 17.2 Å². The number of carbonyl (C=O) groups excluding carboxylic acids is 1. The molecule has 37 heavy (non-hydrogen) atoms. The number of carbonyl (C=O) groups is 1. The molecule has 0 spiro atoms. The van der Waals surface area contributed by atoms with Crippen molar-refractivity contribution in [1.82, 2.24) is 19.2 Å². The number of pyridine rings is 1. The Kier molecular flexibility index (Phi) is 6.04. The zero-order valence-corrected chi connectivity index (χ0v) is 19.9. The molecule has 10 heteroatoms. The van der Waals surface area contributed by atoms with E-state index in [1.54, 1.807) is 30.6 Å². The average molecular weight is 506 g/mol. The Morgan fingerprint density at radius 3 is 2.43 bits per heavy atom. The highest BCUT2D eigenvalue weighted by Gasteiger charge is 2.34. The monoisotopic (exact) mass is 505 g/mol. The van der Waals surface area contributed by atoms with Gasteiger partial charge in [0.2, 0.25) is 0 Å². The number of fused-ring (bicyclic) bond motifs is 1.